The van der Waals surface area contributed by atoms with Gasteiger partial charge in [0, 0.05) is 6.04 Å². The highest BCUT2D eigenvalue weighted by Gasteiger charge is 2.25. The van der Waals surface area contributed by atoms with Crippen molar-refractivity contribution in [2.75, 3.05) is 5.75 Å². The molecular formula is C21H27NO4S. The maximum absolute atomic E-state index is 12.7. The molecule has 6 heteroatoms. The SMILES string of the molecule is CC(C)(C)OC(=O)N[C@@H](CCc1ccccc1)CS(=O)(=O)c1ccccc1. The van der Waals surface area contributed by atoms with Crippen LogP contribution in [0.1, 0.15) is 32.8 Å². The van der Waals surface area contributed by atoms with E-state index in [1.54, 1.807) is 51.1 Å². The zero-order chi connectivity index (χ0) is 19.9. The number of carbonyl (C=O) groups excluding carboxylic acids is 1. The molecule has 0 aliphatic heterocycles. The van der Waals surface area contributed by atoms with Crippen molar-refractivity contribution in [3.63, 3.8) is 0 Å². The Morgan fingerprint density at radius 1 is 1.00 bits per heavy atom. The van der Waals surface area contributed by atoms with E-state index < -0.39 is 27.6 Å². The van der Waals surface area contributed by atoms with Crippen LogP contribution in [0.2, 0.25) is 0 Å². The first-order valence-corrected chi connectivity index (χ1v) is 10.6. The van der Waals surface area contributed by atoms with Crippen LogP contribution < -0.4 is 5.32 Å². The Labute approximate surface area is 161 Å². The fourth-order valence-corrected chi connectivity index (χ4v) is 4.19. The van der Waals surface area contributed by atoms with Crippen molar-refractivity contribution in [2.45, 2.75) is 50.2 Å². The molecule has 0 saturated heterocycles. The number of sulfone groups is 1. The molecular weight excluding hydrogens is 362 g/mol. The molecule has 1 atom stereocenters. The lowest BCUT2D eigenvalue weighted by molar-refractivity contribution is 0.0507. The average molecular weight is 390 g/mol. The van der Waals surface area contributed by atoms with Gasteiger partial charge in [-0.3, -0.25) is 0 Å². The van der Waals surface area contributed by atoms with Gasteiger partial charge in [-0.15, -0.1) is 0 Å². The Kier molecular flexibility index (Phi) is 7.02. The van der Waals surface area contributed by atoms with E-state index >= 15 is 0 Å². The summed E-state index contributed by atoms with van der Waals surface area (Å²) in [5, 5.41) is 2.73. The van der Waals surface area contributed by atoms with Gasteiger partial charge in [0.15, 0.2) is 9.84 Å². The summed E-state index contributed by atoms with van der Waals surface area (Å²) in [6.45, 7) is 5.31. The number of carbonyl (C=O) groups is 1. The Hall–Kier alpha value is -2.34. The molecule has 0 aliphatic carbocycles. The third-order valence-electron chi connectivity index (χ3n) is 3.87. The third kappa shape index (κ3) is 7.43. The van der Waals surface area contributed by atoms with Gasteiger partial charge in [-0.25, -0.2) is 13.2 Å². The first kappa shape index (κ1) is 21.0. The second-order valence-corrected chi connectivity index (χ2v) is 9.50. The van der Waals surface area contributed by atoms with E-state index in [1.165, 1.54) is 0 Å². The lowest BCUT2D eigenvalue weighted by Crippen LogP contribution is -2.42. The number of amides is 1. The zero-order valence-electron chi connectivity index (χ0n) is 16.0. The van der Waals surface area contributed by atoms with E-state index in [2.05, 4.69) is 5.32 Å². The molecule has 0 unspecified atom stereocenters. The van der Waals surface area contributed by atoms with Crippen LogP contribution in [0.25, 0.3) is 0 Å². The van der Waals surface area contributed by atoms with E-state index in [0.29, 0.717) is 12.8 Å². The first-order valence-electron chi connectivity index (χ1n) is 8.97. The Balaban J connectivity index is 2.11. The summed E-state index contributed by atoms with van der Waals surface area (Å²) in [7, 11) is -3.52. The molecule has 2 aromatic rings. The highest BCUT2D eigenvalue weighted by molar-refractivity contribution is 7.91. The molecule has 0 bridgehead atoms. The number of hydrogen-bond acceptors (Lipinski definition) is 4. The summed E-state index contributed by atoms with van der Waals surface area (Å²) in [6, 6.07) is 17.5. The number of rotatable bonds is 7. The summed E-state index contributed by atoms with van der Waals surface area (Å²) < 4.78 is 30.8. The van der Waals surface area contributed by atoms with Crippen molar-refractivity contribution in [2.24, 2.45) is 0 Å². The number of nitrogens with one attached hydrogen (secondary N) is 1. The Morgan fingerprint density at radius 3 is 2.11 bits per heavy atom. The Bertz CT molecular complexity index is 827. The predicted octanol–water partition coefficient (Wildman–Crippen LogP) is 3.99. The van der Waals surface area contributed by atoms with Crippen molar-refractivity contribution in [1.29, 1.82) is 0 Å². The minimum absolute atomic E-state index is 0.177. The highest BCUT2D eigenvalue weighted by atomic mass is 32.2. The molecule has 0 saturated carbocycles. The first-order chi connectivity index (χ1) is 12.7. The van der Waals surface area contributed by atoms with Crippen molar-refractivity contribution >= 4 is 15.9 Å². The van der Waals surface area contributed by atoms with Crippen molar-refractivity contribution in [3.05, 3.63) is 66.2 Å². The summed E-state index contributed by atoms with van der Waals surface area (Å²) in [4.78, 5) is 12.4. The van der Waals surface area contributed by atoms with Gasteiger partial charge >= 0.3 is 6.09 Å². The second-order valence-electron chi connectivity index (χ2n) is 7.46. The molecule has 2 rings (SSSR count). The standard InChI is InChI=1S/C21H27NO4S/c1-21(2,3)26-20(23)22-18(15-14-17-10-6-4-7-11-17)16-27(24,25)19-12-8-5-9-13-19/h4-13,18H,14-16H2,1-3H3,(H,22,23)/t18-/m0/s1. The molecule has 0 spiro atoms. The van der Waals surface area contributed by atoms with Crippen molar-refractivity contribution in [3.8, 4) is 0 Å². The van der Waals surface area contributed by atoms with Crippen LogP contribution >= 0.6 is 0 Å². The van der Waals surface area contributed by atoms with Crippen LogP contribution in [0.15, 0.2) is 65.6 Å². The molecule has 0 heterocycles. The van der Waals surface area contributed by atoms with Crippen molar-refractivity contribution < 1.29 is 17.9 Å². The van der Waals surface area contributed by atoms with E-state index in [-0.39, 0.29) is 10.6 Å². The molecule has 1 amide bonds. The van der Waals surface area contributed by atoms with Gasteiger partial charge in [0.05, 0.1) is 10.6 Å². The number of aryl methyl sites for hydroxylation is 1. The minimum Gasteiger partial charge on any atom is -0.444 e. The van der Waals surface area contributed by atoms with Crippen molar-refractivity contribution in [1.82, 2.24) is 5.32 Å². The van der Waals surface area contributed by atoms with Crippen LogP contribution in [-0.4, -0.2) is 31.9 Å². The maximum atomic E-state index is 12.7. The number of hydrogen-bond donors (Lipinski definition) is 1. The van der Waals surface area contributed by atoms with Gasteiger partial charge in [-0.2, -0.15) is 0 Å². The van der Waals surface area contributed by atoms with Gasteiger partial charge in [0.25, 0.3) is 0 Å². The normalized spacial score (nSPS) is 13.0. The van der Waals surface area contributed by atoms with Gasteiger partial charge < -0.3 is 10.1 Å². The topological polar surface area (TPSA) is 72.5 Å². The molecule has 0 radical (unpaired) electrons. The Morgan fingerprint density at radius 2 is 1.56 bits per heavy atom. The van der Waals surface area contributed by atoms with Gasteiger partial charge in [-0.1, -0.05) is 48.5 Å². The third-order valence-corrected chi connectivity index (χ3v) is 5.70. The second kappa shape index (κ2) is 9.04. The number of alkyl carbamates (subject to hydrolysis) is 1. The lowest BCUT2D eigenvalue weighted by atomic mass is 10.1. The molecule has 0 fully saturated rings. The molecule has 0 aliphatic rings. The van der Waals surface area contributed by atoms with E-state index in [0.717, 1.165) is 5.56 Å². The van der Waals surface area contributed by atoms with Gasteiger partial charge in [-0.05, 0) is 51.3 Å². The quantitative estimate of drug-likeness (QED) is 0.777. The largest absolute Gasteiger partial charge is 0.444 e. The minimum atomic E-state index is -3.52. The van der Waals surface area contributed by atoms with E-state index in [9.17, 15) is 13.2 Å². The molecule has 146 valence electrons. The van der Waals surface area contributed by atoms with Gasteiger partial charge in [0.1, 0.15) is 5.60 Å². The van der Waals surface area contributed by atoms with E-state index in [4.69, 9.17) is 4.74 Å². The fraction of sp³-hybridized carbons (Fsp3) is 0.381. The molecule has 1 N–H and O–H groups in total. The summed E-state index contributed by atoms with van der Waals surface area (Å²) >= 11 is 0. The van der Waals surface area contributed by atoms with Crippen LogP contribution in [0.5, 0.6) is 0 Å². The summed E-state index contributed by atoms with van der Waals surface area (Å²) in [5.74, 6) is -0.177. The summed E-state index contributed by atoms with van der Waals surface area (Å²) in [5.41, 5.74) is 0.442. The maximum Gasteiger partial charge on any atom is 0.407 e. The predicted molar refractivity (Wildman–Crippen MR) is 106 cm³/mol. The highest BCUT2D eigenvalue weighted by Crippen LogP contribution is 2.15. The van der Waals surface area contributed by atoms with Crippen LogP contribution in [0, 0.1) is 0 Å². The molecule has 27 heavy (non-hydrogen) atoms. The smallest absolute Gasteiger partial charge is 0.407 e. The lowest BCUT2D eigenvalue weighted by Gasteiger charge is -2.23. The van der Waals surface area contributed by atoms with E-state index in [1.807, 2.05) is 30.3 Å². The average Bonchev–Trinajstić information content (AvgIpc) is 2.59. The van der Waals surface area contributed by atoms with Crippen LogP contribution in [-0.2, 0) is 21.0 Å². The summed E-state index contributed by atoms with van der Waals surface area (Å²) in [6.07, 6.45) is 0.546. The monoisotopic (exact) mass is 389 g/mol. The van der Waals surface area contributed by atoms with Crippen LogP contribution in [0.3, 0.4) is 0 Å². The van der Waals surface area contributed by atoms with Gasteiger partial charge in [0.2, 0.25) is 0 Å². The van der Waals surface area contributed by atoms with Crippen LogP contribution in [0.4, 0.5) is 4.79 Å². The molecule has 2 aromatic carbocycles. The molecule has 5 nitrogen and oxygen atoms in total. The fourth-order valence-electron chi connectivity index (χ4n) is 2.65. The number of ether oxygens (including phenoxy) is 1. The molecule has 0 aromatic heterocycles. The zero-order valence-corrected chi connectivity index (χ0v) is 16.8. The number of benzene rings is 2.